The van der Waals surface area contributed by atoms with Crippen molar-refractivity contribution in [3.63, 3.8) is 0 Å². The predicted molar refractivity (Wildman–Crippen MR) is 71.1 cm³/mol. The summed E-state index contributed by atoms with van der Waals surface area (Å²) in [5, 5.41) is 1.61. The Kier molecular flexibility index (Phi) is 2.30. The molecular formula is C14H10ClNO. The van der Waals surface area contributed by atoms with Crippen molar-refractivity contribution in [2.75, 3.05) is 5.73 Å². The molecule has 0 atom stereocenters. The van der Waals surface area contributed by atoms with Crippen LogP contribution < -0.4 is 5.73 Å². The molecule has 0 aliphatic heterocycles. The van der Waals surface area contributed by atoms with E-state index in [2.05, 4.69) is 0 Å². The molecule has 3 rings (SSSR count). The number of nitrogen functional groups attached to an aromatic ring is 1. The monoisotopic (exact) mass is 243 g/mol. The van der Waals surface area contributed by atoms with Crippen molar-refractivity contribution in [1.82, 2.24) is 0 Å². The standard InChI is InChI=1S/C14H10ClNO/c15-12-6-3-5-10(14(12)16)11-8-17-13-7-2-1-4-9(11)13/h1-8H,16H2. The van der Waals surface area contributed by atoms with E-state index in [0.717, 1.165) is 22.1 Å². The van der Waals surface area contributed by atoms with Gasteiger partial charge in [0, 0.05) is 16.5 Å². The first kappa shape index (κ1) is 10.2. The predicted octanol–water partition coefficient (Wildman–Crippen LogP) is 4.34. The van der Waals surface area contributed by atoms with Gasteiger partial charge in [-0.25, -0.2) is 0 Å². The maximum Gasteiger partial charge on any atom is 0.134 e. The number of fused-ring (bicyclic) bond motifs is 1. The average Bonchev–Trinajstić information content (AvgIpc) is 2.77. The van der Waals surface area contributed by atoms with E-state index in [-0.39, 0.29) is 0 Å². The van der Waals surface area contributed by atoms with Crippen molar-refractivity contribution in [2.24, 2.45) is 0 Å². The van der Waals surface area contributed by atoms with Crippen LogP contribution in [0.25, 0.3) is 22.1 Å². The van der Waals surface area contributed by atoms with Crippen LogP contribution in [-0.2, 0) is 0 Å². The van der Waals surface area contributed by atoms with Gasteiger partial charge in [0.05, 0.1) is 17.0 Å². The van der Waals surface area contributed by atoms with Gasteiger partial charge in [0.15, 0.2) is 0 Å². The van der Waals surface area contributed by atoms with Crippen molar-refractivity contribution < 1.29 is 4.42 Å². The number of para-hydroxylation sites is 2. The molecule has 0 saturated carbocycles. The largest absolute Gasteiger partial charge is 0.464 e. The topological polar surface area (TPSA) is 39.2 Å². The lowest BCUT2D eigenvalue weighted by Gasteiger charge is -2.05. The van der Waals surface area contributed by atoms with Gasteiger partial charge in [-0.1, -0.05) is 41.9 Å². The Bertz CT molecular complexity index is 688. The van der Waals surface area contributed by atoms with E-state index in [0.29, 0.717) is 10.7 Å². The lowest BCUT2D eigenvalue weighted by atomic mass is 10.0. The molecule has 3 heteroatoms. The maximum atomic E-state index is 6.03. The second-order valence-corrected chi connectivity index (χ2v) is 4.25. The van der Waals surface area contributed by atoms with Gasteiger partial charge < -0.3 is 10.2 Å². The zero-order chi connectivity index (χ0) is 11.8. The molecule has 17 heavy (non-hydrogen) atoms. The molecule has 1 heterocycles. The van der Waals surface area contributed by atoms with Crippen LogP contribution in [0.15, 0.2) is 53.1 Å². The second kappa shape index (κ2) is 3.82. The van der Waals surface area contributed by atoms with Crippen LogP contribution in [0.5, 0.6) is 0 Å². The average molecular weight is 244 g/mol. The Morgan fingerprint density at radius 1 is 0.941 bits per heavy atom. The summed E-state index contributed by atoms with van der Waals surface area (Å²) in [7, 11) is 0. The summed E-state index contributed by atoms with van der Waals surface area (Å²) in [4.78, 5) is 0. The molecule has 2 nitrogen and oxygen atoms in total. The van der Waals surface area contributed by atoms with E-state index in [4.69, 9.17) is 21.8 Å². The molecule has 0 unspecified atom stereocenters. The van der Waals surface area contributed by atoms with Crippen LogP contribution in [0.4, 0.5) is 5.69 Å². The molecule has 0 aliphatic carbocycles. The molecule has 0 aliphatic rings. The number of hydrogen-bond donors (Lipinski definition) is 1. The summed E-state index contributed by atoms with van der Waals surface area (Å²) in [6.07, 6.45) is 1.71. The highest BCUT2D eigenvalue weighted by atomic mass is 35.5. The van der Waals surface area contributed by atoms with Gasteiger partial charge in [0.2, 0.25) is 0 Å². The highest BCUT2D eigenvalue weighted by Crippen LogP contribution is 2.36. The molecule has 84 valence electrons. The number of halogens is 1. The minimum atomic E-state index is 0.563. The lowest BCUT2D eigenvalue weighted by Crippen LogP contribution is -1.90. The van der Waals surface area contributed by atoms with Crippen molar-refractivity contribution in [3.8, 4) is 11.1 Å². The number of benzene rings is 2. The van der Waals surface area contributed by atoms with Gasteiger partial charge in [0.25, 0.3) is 0 Å². The van der Waals surface area contributed by atoms with Gasteiger partial charge in [0.1, 0.15) is 5.58 Å². The Balaban J connectivity index is 2.31. The zero-order valence-electron chi connectivity index (χ0n) is 8.98. The minimum absolute atomic E-state index is 0.563. The van der Waals surface area contributed by atoms with Gasteiger partial charge >= 0.3 is 0 Å². The molecule has 2 N–H and O–H groups in total. The molecule has 0 fully saturated rings. The summed E-state index contributed by atoms with van der Waals surface area (Å²) >= 11 is 6.03. The number of anilines is 1. The van der Waals surface area contributed by atoms with Crippen LogP contribution in [0.2, 0.25) is 5.02 Å². The highest BCUT2D eigenvalue weighted by Gasteiger charge is 2.11. The molecule has 2 aromatic carbocycles. The summed E-state index contributed by atoms with van der Waals surface area (Å²) in [5.41, 5.74) is 9.30. The van der Waals surface area contributed by atoms with Crippen molar-refractivity contribution in [1.29, 1.82) is 0 Å². The molecule has 0 spiro atoms. The molecule has 0 amide bonds. The Morgan fingerprint density at radius 2 is 1.76 bits per heavy atom. The van der Waals surface area contributed by atoms with E-state index in [1.54, 1.807) is 12.3 Å². The number of rotatable bonds is 1. The van der Waals surface area contributed by atoms with Gasteiger partial charge in [-0.15, -0.1) is 0 Å². The third-order valence-corrected chi connectivity index (χ3v) is 3.15. The van der Waals surface area contributed by atoms with E-state index in [9.17, 15) is 0 Å². The smallest absolute Gasteiger partial charge is 0.134 e. The van der Waals surface area contributed by atoms with Crippen molar-refractivity contribution >= 4 is 28.3 Å². The molecule has 3 aromatic rings. The first-order valence-corrected chi connectivity index (χ1v) is 5.66. The number of hydrogen-bond acceptors (Lipinski definition) is 2. The van der Waals surface area contributed by atoms with Crippen molar-refractivity contribution in [3.05, 3.63) is 53.8 Å². The first-order valence-electron chi connectivity index (χ1n) is 5.28. The highest BCUT2D eigenvalue weighted by molar-refractivity contribution is 6.33. The summed E-state index contributed by atoms with van der Waals surface area (Å²) in [6.45, 7) is 0. The number of nitrogens with two attached hydrogens (primary N) is 1. The van der Waals surface area contributed by atoms with Crippen LogP contribution in [0.1, 0.15) is 0 Å². The van der Waals surface area contributed by atoms with E-state index < -0.39 is 0 Å². The third kappa shape index (κ3) is 1.58. The quantitative estimate of drug-likeness (QED) is 0.646. The molecule has 0 bridgehead atoms. The summed E-state index contributed by atoms with van der Waals surface area (Å²) in [5.74, 6) is 0. The second-order valence-electron chi connectivity index (χ2n) is 3.85. The van der Waals surface area contributed by atoms with Gasteiger partial charge in [-0.2, -0.15) is 0 Å². The summed E-state index contributed by atoms with van der Waals surface area (Å²) in [6, 6.07) is 13.5. The van der Waals surface area contributed by atoms with Crippen LogP contribution in [0, 0.1) is 0 Å². The SMILES string of the molecule is Nc1c(Cl)cccc1-c1coc2ccccc12. The molecule has 0 radical (unpaired) electrons. The summed E-state index contributed by atoms with van der Waals surface area (Å²) < 4.78 is 5.50. The van der Waals surface area contributed by atoms with E-state index in [1.807, 2.05) is 36.4 Å². The fourth-order valence-electron chi connectivity index (χ4n) is 1.96. The Hall–Kier alpha value is -1.93. The number of furan rings is 1. The Labute approximate surface area is 104 Å². The Morgan fingerprint density at radius 3 is 2.65 bits per heavy atom. The van der Waals surface area contributed by atoms with Crippen LogP contribution >= 0.6 is 11.6 Å². The fraction of sp³-hybridized carbons (Fsp3) is 0. The molecule has 1 aromatic heterocycles. The molecule has 0 saturated heterocycles. The van der Waals surface area contributed by atoms with Gasteiger partial charge in [-0.3, -0.25) is 0 Å². The minimum Gasteiger partial charge on any atom is -0.464 e. The molecular weight excluding hydrogens is 234 g/mol. The van der Waals surface area contributed by atoms with E-state index in [1.165, 1.54) is 0 Å². The van der Waals surface area contributed by atoms with Crippen molar-refractivity contribution in [2.45, 2.75) is 0 Å². The fourth-order valence-corrected chi connectivity index (χ4v) is 2.13. The van der Waals surface area contributed by atoms with Crippen LogP contribution in [0.3, 0.4) is 0 Å². The van der Waals surface area contributed by atoms with Crippen LogP contribution in [-0.4, -0.2) is 0 Å². The normalized spacial score (nSPS) is 10.9. The van der Waals surface area contributed by atoms with E-state index >= 15 is 0 Å². The third-order valence-electron chi connectivity index (χ3n) is 2.82. The lowest BCUT2D eigenvalue weighted by molar-refractivity contribution is 0.617. The van der Waals surface area contributed by atoms with Gasteiger partial charge in [-0.05, 0) is 12.1 Å². The zero-order valence-corrected chi connectivity index (χ0v) is 9.74. The first-order chi connectivity index (χ1) is 8.27. The maximum absolute atomic E-state index is 6.03.